The molecule has 33 heavy (non-hydrogen) atoms. The van der Waals surface area contributed by atoms with Gasteiger partial charge in [-0.1, -0.05) is 43.2 Å². The van der Waals surface area contributed by atoms with Gasteiger partial charge in [-0.05, 0) is 55.9 Å². The van der Waals surface area contributed by atoms with Crippen molar-refractivity contribution < 1.29 is 9.53 Å². The molecule has 172 valence electrons. The number of fused-ring (bicyclic) bond motifs is 1. The number of H-pyrrole nitrogens is 1. The standard InChI is InChI=1S/C27H32N4O2/c1-19-9-6-7-10-20(19)17-21-11-8-14-24(28-21)25-18-31(15-16-33-25)27(32)26-22-12-4-2-3-5-13-23(22)29-30-26/h6-11,14,25H,2-5,12-13,15-18H2,1H3,(H,29,30)/t25-/m0/s1. The van der Waals surface area contributed by atoms with Crippen molar-refractivity contribution in [3.8, 4) is 0 Å². The first-order chi connectivity index (χ1) is 16.2. The zero-order valence-corrected chi connectivity index (χ0v) is 19.3. The number of benzene rings is 1. The number of aromatic nitrogens is 3. The number of carbonyl (C=O) groups is 1. The van der Waals surface area contributed by atoms with E-state index in [2.05, 4.69) is 47.5 Å². The number of rotatable bonds is 4. The number of nitrogens with one attached hydrogen (secondary N) is 1. The molecule has 1 aliphatic carbocycles. The van der Waals surface area contributed by atoms with E-state index in [1.807, 2.05) is 17.0 Å². The monoisotopic (exact) mass is 444 g/mol. The minimum absolute atomic E-state index is 0.0115. The molecule has 1 atom stereocenters. The highest BCUT2D eigenvalue weighted by atomic mass is 16.5. The number of hydrogen-bond donors (Lipinski definition) is 1. The van der Waals surface area contributed by atoms with Crippen LogP contribution in [-0.2, 0) is 24.0 Å². The number of ether oxygens (including phenoxy) is 1. The van der Waals surface area contributed by atoms with Crippen LogP contribution in [-0.4, -0.2) is 45.7 Å². The van der Waals surface area contributed by atoms with Crippen molar-refractivity contribution in [1.29, 1.82) is 0 Å². The van der Waals surface area contributed by atoms with E-state index in [-0.39, 0.29) is 12.0 Å². The number of aryl methyl sites for hydroxylation is 2. The molecule has 1 amide bonds. The van der Waals surface area contributed by atoms with E-state index in [1.165, 1.54) is 24.0 Å². The molecule has 3 heterocycles. The van der Waals surface area contributed by atoms with E-state index in [0.717, 1.165) is 54.7 Å². The Morgan fingerprint density at radius 3 is 2.82 bits per heavy atom. The van der Waals surface area contributed by atoms with E-state index in [9.17, 15) is 4.79 Å². The number of carbonyl (C=O) groups excluding carboxylic acids is 1. The lowest BCUT2D eigenvalue weighted by molar-refractivity contribution is -0.0250. The van der Waals surface area contributed by atoms with Crippen molar-refractivity contribution in [2.75, 3.05) is 19.7 Å². The quantitative estimate of drug-likeness (QED) is 0.640. The molecule has 0 radical (unpaired) electrons. The van der Waals surface area contributed by atoms with Crippen LogP contribution < -0.4 is 0 Å². The average molecular weight is 445 g/mol. The molecule has 0 spiro atoms. The second kappa shape index (κ2) is 9.87. The largest absolute Gasteiger partial charge is 0.368 e. The molecule has 6 heteroatoms. The normalized spacial score (nSPS) is 18.9. The molecular formula is C27H32N4O2. The van der Waals surface area contributed by atoms with Crippen LogP contribution in [0.4, 0.5) is 0 Å². The van der Waals surface area contributed by atoms with Gasteiger partial charge in [-0.15, -0.1) is 0 Å². The van der Waals surface area contributed by atoms with Crippen molar-refractivity contribution in [1.82, 2.24) is 20.1 Å². The summed E-state index contributed by atoms with van der Waals surface area (Å²) in [6, 6.07) is 14.5. The molecule has 1 saturated heterocycles. The molecule has 2 aromatic heterocycles. The molecule has 0 unspecified atom stereocenters. The topological polar surface area (TPSA) is 71.1 Å². The van der Waals surface area contributed by atoms with Crippen LogP contribution in [0, 0.1) is 6.92 Å². The molecule has 5 rings (SSSR count). The maximum absolute atomic E-state index is 13.4. The lowest BCUT2D eigenvalue weighted by Crippen LogP contribution is -2.43. The maximum atomic E-state index is 13.4. The Hall–Kier alpha value is -2.99. The Bertz CT molecular complexity index is 1120. The van der Waals surface area contributed by atoms with Gasteiger partial charge in [-0.25, -0.2) is 0 Å². The lowest BCUT2D eigenvalue weighted by atomic mass is 9.96. The molecule has 0 bridgehead atoms. The van der Waals surface area contributed by atoms with Gasteiger partial charge in [0.25, 0.3) is 5.91 Å². The van der Waals surface area contributed by atoms with Crippen molar-refractivity contribution in [2.24, 2.45) is 0 Å². The van der Waals surface area contributed by atoms with Crippen LogP contribution in [0.2, 0.25) is 0 Å². The second-order valence-corrected chi connectivity index (χ2v) is 9.21. The Kier molecular flexibility index (Phi) is 6.53. The van der Waals surface area contributed by atoms with E-state index < -0.39 is 0 Å². The minimum atomic E-state index is -0.222. The van der Waals surface area contributed by atoms with Crippen LogP contribution in [0.15, 0.2) is 42.5 Å². The summed E-state index contributed by atoms with van der Waals surface area (Å²) in [6.45, 7) is 3.72. The van der Waals surface area contributed by atoms with Gasteiger partial charge in [0, 0.05) is 29.9 Å². The zero-order chi connectivity index (χ0) is 22.6. The van der Waals surface area contributed by atoms with Gasteiger partial charge < -0.3 is 9.64 Å². The van der Waals surface area contributed by atoms with Gasteiger partial charge in [0.15, 0.2) is 5.69 Å². The second-order valence-electron chi connectivity index (χ2n) is 9.21. The third kappa shape index (κ3) is 4.86. The predicted molar refractivity (Wildman–Crippen MR) is 127 cm³/mol. The zero-order valence-electron chi connectivity index (χ0n) is 19.3. The molecule has 1 aromatic carbocycles. The third-order valence-electron chi connectivity index (χ3n) is 6.90. The molecule has 6 nitrogen and oxygen atoms in total. The molecule has 1 fully saturated rings. The fraction of sp³-hybridized carbons (Fsp3) is 0.444. The Morgan fingerprint density at radius 1 is 1.09 bits per heavy atom. The number of morpholine rings is 1. The van der Waals surface area contributed by atoms with Crippen LogP contribution in [0.25, 0.3) is 0 Å². The van der Waals surface area contributed by atoms with Crippen molar-refractivity contribution in [2.45, 2.75) is 58.0 Å². The molecule has 3 aromatic rings. The van der Waals surface area contributed by atoms with Gasteiger partial charge in [-0.3, -0.25) is 14.9 Å². The fourth-order valence-electron chi connectivity index (χ4n) is 4.95. The van der Waals surface area contributed by atoms with Gasteiger partial charge in [-0.2, -0.15) is 5.10 Å². The summed E-state index contributed by atoms with van der Waals surface area (Å²) < 4.78 is 6.06. The predicted octanol–water partition coefficient (Wildman–Crippen LogP) is 4.58. The third-order valence-corrected chi connectivity index (χ3v) is 6.90. The number of aromatic amines is 1. The van der Waals surface area contributed by atoms with E-state index in [1.54, 1.807) is 0 Å². The number of nitrogens with zero attached hydrogens (tertiary/aromatic N) is 3. The van der Waals surface area contributed by atoms with E-state index in [0.29, 0.717) is 25.4 Å². The van der Waals surface area contributed by atoms with E-state index >= 15 is 0 Å². The molecule has 2 aliphatic rings. The Balaban J connectivity index is 1.31. The average Bonchev–Trinajstić information content (AvgIpc) is 3.21. The summed E-state index contributed by atoms with van der Waals surface area (Å²) in [7, 11) is 0. The fourth-order valence-corrected chi connectivity index (χ4v) is 4.95. The molecule has 0 saturated carbocycles. The summed E-state index contributed by atoms with van der Waals surface area (Å²) in [5, 5.41) is 7.60. The highest BCUT2D eigenvalue weighted by Gasteiger charge is 2.30. The highest BCUT2D eigenvalue weighted by molar-refractivity contribution is 5.94. The van der Waals surface area contributed by atoms with Gasteiger partial charge in [0.1, 0.15) is 6.10 Å². The van der Waals surface area contributed by atoms with Crippen molar-refractivity contribution in [3.05, 3.63) is 81.9 Å². The first-order valence-corrected chi connectivity index (χ1v) is 12.2. The van der Waals surface area contributed by atoms with Gasteiger partial charge >= 0.3 is 0 Å². The first kappa shape index (κ1) is 21.8. The Morgan fingerprint density at radius 2 is 1.94 bits per heavy atom. The number of hydrogen-bond acceptors (Lipinski definition) is 4. The van der Waals surface area contributed by atoms with Crippen LogP contribution in [0.5, 0.6) is 0 Å². The van der Waals surface area contributed by atoms with Crippen molar-refractivity contribution >= 4 is 5.91 Å². The summed E-state index contributed by atoms with van der Waals surface area (Å²) in [5.41, 5.74) is 7.32. The SMILES string of the molecule is Cc1ccccc1Cc1cccc([C@@H]2CN(C(=O)c3n[nH]c4c3CCCCCC4)CCO2)n1. The van der Waals surface area contributed by atoms with Crippen LogP contribution in [0.3, 0.4) is 0 Å². The molecular weight excluding hydrogens is 412 g/mol. The summed E-state index contributed by atoms with van der Waals surface area (Å²) >= 11 is 0. The van der Waals surface area contributed by atoms with E-state index in [4.69, 9.17) is 9.72 Å². The maximum Gasteiger partial charge on any atom is 0.274 e. The van der Waals surface area contributed by atoms with Crippen molar-refractivity contribution in [3.63, 3.8) is 0 Å². The Labute approximate surface area is 195 Å². The summed E-state index contributed by atoms with van der Waals surface area (Å²) in [5.74, 6) is 0.0115. The highest BCUT2D eigenvalue weighted by Crippen LogP contribution is 2.26. The van der Waals surface area contributed by atoms with Gasteiger partial charge in [0.2, 0.25) is 0 Å². The number of amides is 1. The molecule has 1 N–H and O–H groups in total. The smallest absolute Gasteiger partial charge is 0.274 e. The lowest BCUT2D eigenvalue weighted by Gasteiger charge is -2.32. The summed E-state index contributed by atoms with van der Waals surface area (Å²) in [4.78, 5) is 20.2. The van der Waals surface area contributed by atoms with Gasteiger partial charge in [0.05, 0.1) is 18.8 Å². The minimum Gasteiger partial charge on any atom is -0.368 e. The molecule has 1 aliphatic heterocycles. The summed E-state index contributed by atoms with van der Waals surface area (Å²) in [6.07, 6.45) is 7.24. The number of pyridine rings is 1. The first-order valence-electron chi connectivity index (χ1n) is 12.2. The van der Waals surface area contributed by atoms with Crippen LogP contribution in [0.1, 0.15) is 76.0 Å². The van der Waals surface area contributed by atoms with Crippen LogP contribution >= 0.6 is 0 Å².